The summed E-state index contributed by atoms with van der Waals surface area (Å²) in [4.78, 5) is 28.8. The van der Waals surface area contributed by atoms with Gasteiger partial charge in [-0.2, -0.15) is 0 Å². The fourth-order valence-electron chi connectivity index (χ4n) is 3.26. The SMILES string of the molecule is O=C(O)c1cc(C(=O)N2CC3CCCC3C2)ccn1. The lowest BCUT2D eigenvalue weighted by Gasteiger charge is -2.17. The van der Waals surface area contributed by atoms with Gasteiger partial charge in [0, 0.05) is 24.8 Å². The van der Waals surface area contributed by atoms with Crippen molar-refractivity contribution in [1.29, 1.82) is 0 Å². The van der Waals surface area contributed by atoms with Gasteiger partial charge in [0.25, 0.3) is 5.91 Å². The second-order valence-corrected chi connectivity index (χ2v) is 5.40. The lowest BCUT2D eigenvalue weighted by Crippen LogP contribution is -2.29. The minimum Gasteiger partial charge on any atom is -0.477 e. The number of fused-ring (bicyclic) bond motifs is 1. The van der Waals surface area contributed by atoms with E-state index in [-0.39, 0.29) is 11.6 Å². The van der Waals surface area contributed by atoms with E-state index in [0.29, 0.717) is 17.4 Å². The number of carboxylic acids is 1. The molecule has 2 heterocycles. The van der Waals surface area contributed by atoms with Crippen molar-refractivity contribution in [1.82, 2.24) is 9.88 Å². The zero-order valence-corrected chi connectivity index (χ0v) is 10.6. The Bertz CT molecular complexity index is 517. The van der Waals surface area contributed by atoms with Gasteiger partial charge in [-0.1, -0.05) is 6.42 Å². The van der Waals surface area contributed by atoms with E-state index in [4.69, 9.17) is 5.11 Å². The van der Waals surface area contributed by atoms with Crippen molar-refractivity contribution < 1.29 is 14.7 Å². The molecule has 1 amide bonds. The molecule has 5 heteroatoms. The topological polar surface area (TPSA) is 70.5 Å². The maximum absolute atomic E-state index is 12.4. The van der Waals surface area contributed by atoms with Crippen molar-refractivity contribution in [2.24, 2.45) is 11.8 Å². The average molecular weight is 260 g/mol. The number of amides is 1. The number of carboxylic acid groups (broad SMARTS) is 1. The number of hydrogen-bond donors (Lipinski definition) is 1. The van der Waals surface area contributed by atoms with Crippen molar-refractivity contribution in [3.8, 4) is 0 Å². The number of likely N-dealkylation sites (tertiary alicyclic amines) is 1. The average Bonchev–Trinajstić information content (AvgIpc) is 2.98. The second-order valence-electron chi connectivity index (χ2n) is 5.40. The van der Waals surface area contributed by atoms with E-state index >= 15 is 0 Å². The first-order valence-electron chi connectivity index (χ1n) is 6.64. The fraction of sp³-hybridized carbons (Fsp3) is 0.500. The molecule has 0 aromatic carbocycles. The molecule has 19 heavy (non-hydrogen) atoms. The van der Waals surface area contributed by atoms with Crippen LogP contribution in [0.4, 0.5) is 0 Å². The summed E-state index contributed by atoms with van der Waals surface area (Å²) in [6.07, 6.45) is 5.08. The number of carbonyl (C=O) groups excluding carboxylic acids is 1. The molecular weight excluding hydrogens is 244 g/mol. The number of aromatic nitrogens is 1. The van der Waals surface area contributed by atoms with Crippen molar-refractivity contribution in [3.63, 3.8) is 0 Å². The first-order valence-corrected chi connectivity index (χ1v) is 6.64. The molecule has 2 fully saturated rings. The van der Waals surface area contributed by atoms with Crippen molar-refractivity contribution in [2.75, 3.05) is 13.1 Å². The van der Waals surface area contributed by atoms with E-state index in [1.807, 2.05) is 4.90 Å². The van der Waals surface area contributed by atoms with Gasteiger partial charge >= 0.3 is 5.97 Å². The fourth-order valence-corrected chi connectivity index (χ4v) is 3.26. The summed E-state index contributed by atoms with van der Waals surface area (Å²) in [5.74, 6) is 0.113. The molecule has 0 spiro atoms. The van der Waals surface area contributed by atoms with Crippen LogP contribution in [0, 0.1) is 11.8 Å². The summed E-state index contributed by atoms with van der Waals surface area (Å²) < 4.78 is 0. The molecule has 2 aliphatic rings. The molecule has 1 aliphatic heterocycles. The van der Waals surface area contributed by atoms with Gasteiger partial charge in [-0.15, -0.1) is 0 Å². The van der Waals surface area contributed by atoms with Gasteiger partial charge in [-0.25, -0.2) is 9.78 Å². The summed E-state index contributed by atoms with van der Waals surface area (Å²) in [7, 11) is 0. The Morgan fingerprint density at radius 2 is 1.95 bits per heavy atom. The zero-order valence-electron chi connectivity index (χ0n) is 10.6. The highest BCUT2D eigenvalue weighted by Gasteiger charge is 2.38. The summed E-state index contributed by atoms with van der Waals surface area (Å²) in [5, 5.41) is 8.90. The Hall–Kier alpha value is -1.91. The largest absolute Gasteiger partial charge is 0.477 e. The first-order chi connectivity index (χ1) is 9.15. The maximum atomic E-state index is 12.4. The number of carbonyl (C=O) groups is 2. The molecule has 0 radical (unpaired) electrons. The van der Waals surface area contributed by atoms with Crippen LogP contribution in [0.15, 0.2) is 18.3 Å². The summed E-state index contributed by atoms with van der Waals surface area (Å²) in [6.45, 7) is 1.63. The van der Waals surface area contributed by atoms with Crippen LogP contribution in [-0.4, -0.2) is 40.0 Å². The van der Waals surface area contributed by atoms with E-state index < -0.39 is 5.97 Å². The smallest absolute Gasteiger partial charge is 0.354 e. The van der Waals surface area contributed by atoms with Crippen LogP contribution in [0.3, 0.4) is 0 Å². The first kappa shape index (κ1) is 12.1. The summed E-state index contributed by atoms with van der Waals surface area (Å²) >= 11 is 0. The molecule has 1 N–H and O–H groups in total. The minimum atomic E-state index is -1.10. The molecular formula is C14H16N2O3. The van der Waals surface area contributed by atoms with Gasteiger partial charge in [0.2, 0.25) is 0 Å². The van der Waals surface area contributed by atoms with Crippen LogP contribution in [0.1, 0.15) is 40.1 Å². The van der Waals surface area contributed by atoms with Crippen LogP contribution in [0.25, 0.3) is 0 Å². The van der Waals surface area contributed by atoms with Crippen molar-refractivity contribution >= 4 is 11.9 Å². The highest BCUT2D eigenvalue weighted by Crippen LogP contribution is 2.38. The zero-order chi connectivity index (χ0) is 13.4. The van der Waals surface area contributed by atoms with Gasteiger partial charge in [0.15, 0.2) is 0 Å². The van der Waals surface area contributed by atoms with E-state index in [9.17, 15) is 9.59 Å². The van der Waals surface area contributed by atoms with Gasteiger partial charge in [0.05, 0.1) is 0 Å². The Labute approximate surface area is 111 Å². The van der Waals surface area contributed by atoms with Crippen molar-refractivity contribution in [3.05, 3.63) is 29.6 Å². The van der Waals surface area contributed by atoms with Gasteiger partial charge in [0.1, 0.15) is 5.69 Å². The molecule has 1 aromatic heterocycles. The third-order valence-corrected chi connectivity index (χ3v) is 4.24. The van der Waals surface area contributed by atoms with Gasteiger partial charge in [-0.05, 0) is 36.8 Å². The second kappa shape index (κ2) is 4.64. The van der Waals surface area contributed by atoms with Crippen LogP contribution in [0.2, 0.25) is 0 Å². The van der Waals surface area contributed by atoms with Crippen LogP contribution in [0.5, 0.6) is 0 Å². The van der Waals surface area contributed by atoms with E-state index in [1.54, 1.807) is 6.07 Å². The summed E-state index contributed by atoms with van der Waals surface area (Å²) in [5.41, 5.74) is 0.345. The number of rotatable bonds is 2. The molecule has 1 aliphatic carbocycles. The third-order valence-electron chi connectivity index (χ3n) is 4.24. The summed E-state index contributed by atoms with van der Waals surface area (Å²) in [6, 6.07) is 2.95. The Kier molecular flexibility index (Phi) is 2.97. The Morgan fingerprint density at radius 3 is 2.58 bits per heavy atom. The Balaban J connectivity index is 1.77. The molecule has 100 valence electrons. The monoisotopic (exact) mass is 260 g/mol. The molecule has 1 saturated carbocycles. The van der Waals surface area contributed by atoms with Crippen molar-refractivity contribution in [2.45, 2.75) is 19.3 Å². The molecule has 0 bridgehead atoms. The molecule has 2 unspecified atom stereocenters. The van der Waals surface area contributed by atoms with Crippen LogP contribution >= 0.6 is 0 Å². The quantitative estimate of drug-likeness (QED) is 0.877. The van der Waals surface area contributed by atoms with Crippen LogP contribution < -0.4 is 0 Å². The predicted molar refractivity (Wildman–Crippen MR) is 67.9 cm³/mol. The van der Waals surface area contributed by atoms with E-state index in [1.165, 1.54) is 31.5 Å². The van der Waals surface area contributed by atoms with E-state index in [0.717, 1.165) is 13.1 Å². The standard InChI is InChI=1S/C14H16N2O3/c17-13(9-4-5-15-12(6-9)14(18)19)16-7-10-2-1-3-11(10)8-16/h4-6,10-11H,1-3,7-8H2,(H,18,19). The highest BCUT2D eigenvalue weighted by atomic mass is 16.4. The molecule has 1 aromatic rings. The van der Waals surface area contributed by atoms with Gasteiger partial charge < -0.3 is 10.0 Å². The predicted octanol–water partition coefficient (Wildman–Crippen LogP) is 1.65. The molecule has 5 nitrogen and oxygen atoms in total. The van der Waals surface area contributed by atoms with Crippen LogP contribution in [-0.2, 0) is 0 Å². The highest BCUT2D eigenvalue weighted by molar-refractivity contribution is 5.96. The normalized spacial score (nSPS) is 25.4. The molecule has 2 atom stereocenters. The number of aromatic carboxylic acids is 1. The van der Waals surface area contributed by atoms with Gasteiger partial charge in [-0.3, -0.25) is 4.79 Å². The molecule has 1 saturated heterocycles. The lowest BCUT2D eigenvalue weighted by atomic mass is 10.0. The number of pyridine rings is 1. The maximum Gasteiger partial charge on any atom is 0.354 e. The minimum absolute atomic E-state index is 0.0701. The number of hydrogen-bond acceptors (Lipinski definition) is 3. The third kappa shape index (κ3) is 2.20. The number of nitrogens with zero attached hydrogens (tertiary/aromatic N) is 2. The Morgan fingerprint density at radius 1 is 1.26 bits per heavy atom. The lowest BCUT2D eigenvalue weighted by molar-refractivity contribution is 0.0690. The molecule has 3 rings (SSSR count). The van der Waals surface area contributed by atoms with E-state index in [2.05, 4.69) is 4.98 Å².